The summed E-state index contributed by atoms with van der Waals surface area (Å²) in [5.41, 5.74) is 0. The van der Waals surface area contributed by atoms with Crippen LogP contribution in [0.15, 0.2) is 0 Å². The number of fused-ring (bicyclic) bond motifs is 1. The Hall–Kier alpha value is -0.450. The summed E-state index contributed by atoms with van der Waals surface area (Å²) in [6.45, 7) is 3.02. The molecule has 0 aromatic rings. The van der Waals surface area contributed by atoms with Crippen LogP contribution in [-0.4, -0.2) is 22.8 Å². The summed E-state index contributed by atoms with van der Waals surface area (Å²) in [5.74, 6) is -1.82. The molecule has 4 unspecified atom stereocenters. The van der Waals surface area contributed by atoms with E-state index in [1.54, 1.807) is 0 Å². The normalized spacial score (nSPS) is 45.9. The van der Waals surface area contributed by atoms with Gasteiger partial charge in [-0.2, -0.15) is 0 Å². The molecular weight excluding hydrogens is 196 g/mol. The Bertz CT molecular complexity index is 261. The number of carbonyl (C=O) groups excluding carboxylic acids is 1. The lowest BCUT2D eigenvalue weighted by molar-refractivity contribution is -0.480. The third-order valence-electron chi connectivity index (χ3n) is 3.54. The van der Waals surface area contributed by atoms with Crippen molar-refractivity contribution in [2.24, 2.45) is 11.8 Å². The molecule has 4 nitrogen and oxygen atoms in total. The third kappa shape index (κ3) is 1.94. The number of rotatable bonds is 1. The van der Waals surface area contributed by atoms with Gasteiger partial charge in [0.05, 0.1) is 12.0 Å². The summed E-state index contributed by atoms with van der Waals surface area (Å²) in [6.07, 6.45) is 4.05. The number of hydrogen-bond donors (Lipinski definition) is 1. The zero-order chi connectivity index (χ0) is 11.1. The van der Waals surface area contributed by atoms with Gasteiger partial charge in [-0.25, -0.2) is 9.78 Å². The van der Waals surface area contributed by atoms with Crippen molar-refractivity contribution in [3.63, 3.8) is 0 Å². The number of carbonyl (C=O) groups is 1. The highest BCUT2D eigenvalue weighted by atomic mass is 17.2. The Kier molecular flexibility index (Phi) is 2.83. The highest BCUT2D eigenvalue weighted by molar-refractivity contribution is 5.79. The predicted molar refractivity (Wildman–Crippen MR) is 52.7 cm³/mol. The molecule has 1 saturated carbocycles. The van der Waals surface area contributed by atoms with Crippen LogP contribution in [0.4, 0.5) is 0 Å². The van der Waals surface area contributed by atoms with Crippen molar-refractivity contribution in [3.05, 3.63) is 0 Å². The molecule has 0 bridgehead atoms. The van der Waals surface area contributed by atoms with E-state index >= 15 is 0 Å². The van der Waals surface area contributed by atoms with E-state index < -0.39 is 11.7 Å². The first kappa shape index (κ1) is 11.0. The van der Waals surface area contributed by atoms with Gasteiger partial charge < -0.3 is 5.11 Å². The van der Waals surface area contributed by atoms with Gasteiger partial charge in [-0.05, 0) is 26.7 Å². The van der Waals surface area contributed by atoms with Gasteiger partial charge in [-0.1, -0.05) is 12.8 Å². The van der Waals surface area contributed by atoms with Crippen molar-refractivity contribution < 1.29 is 19.7 Å². The largest absolute Gasteiger partial charge is 0.363 e. The first-order valence-electron chi connectivity index (χ1n) is 5.59. The Morgan fingerprint density at radius 3 is 2.73 bits per heavy atom. The van der Waals surface area contributed by atoms with Crippen LogP contribution in [0.1, 0.15) is 39.5 Å². The topological polar surface area (TPSA) is 55.8 Å². The highest BCUT2D eigenvalue weighted by Gasteiger charge is 2.51. The minimum absolute atomic E-state index is 0.0137. The van der Waals surface area contributed by atoms with Gasteiger partial charge in [0.1, 0.15) is 5.78 Å². The summed E-state index contributed by atoms with van der Waals surface area (Å²) < 4.78 is 0. The zero-order valence-electron chi connectivity index (χ0n) is 9.23. The van der Waals surface area contributed by atoms with Crippen molar-refractivity contribution >= 4 is 5.78 Å². The van der Waals surface area contributed by atoms with Gasteiger partial charge in [-0.15, -0.1) is 0 Å². The van der Waals surface area contributed by atoms with E-state index in [-0.39, 0.29) is 17.8 Å². The molecule has 0 aromatic heterocycles. The molecule has 1 aliphatic heterocycles. The fourth-order valence-electron chi connectivity index (χ4n) is 2.91. The number of Topliss-reactive ketones (excluding diaryl/α,β-unsaturated/α-hetero) is 1. The molecule has 2 aliphatic rings. The van der Waals surface area contributed by atoms with Crippen molar-refractivity contribution in [1.82, 2.24) is 0 Å². The second-order valence-electron chi connectivity index (χ2n) is 4.81. The van der Waals surface area contributed by atoms with E-state index in [2.05, 4.69) is 0 Å². The van der Waals surface area contributed by atoms with Crippen molar-refractivity contribution in [2.45, 2.75) is 51.4 Å². The first-order valence-corrected chi connectivity index (χ1v) is 5.59. The number of ketones is 1. The molecule has 15 heavy (non-hydrogen) atoms. The van der Waals surface area contributed by atoms with Crippen molar-refractivity contribution in [2.75, 3.05) is 0 Å². The summed E-state index contributed by atoms with van der Waals surface area (Å²) in [5, 5.41) is 9.98. The molecule has 1 N–H and O–H groups in total. The highest BCUT2D eigenvalue weighted by Crippen LogP contribution is 2.42. The maximum absolute atomic E-state index is 11.6. The summed E-state index contributed by atoms with van der Waals surface area (Å²) in [4.78, 5) is 21.7. The van der Waals surface area contributed by atoms with Crippen LogP contribution < -0.4 is 0 Å². The molecule has 0 aromatic carbocycles. The first-order chi connectivity index (χ1) is 7.02. The Morgan fingerprint density at radius 1 is 1.40 bits per heavy atom. The number of aliphatic hydroxyl groups is 1. The number of hydrogen-bond acceptors (Lipinski definition) is 4. The van der Waals surface area contributed by atoms with E-state index in [4.69, 9.17) is 9.78 Å². The van der Waals surface area contributed by atoms with Crippen LogP contribution in [-0.2, 0) is 14.6 Å². The SMILES string of the molecule is CC(=O)C1C2CCCCC2OOC1(C)O. The second kappa shape index (κ2) is 3.85. The molecule has 0 spiro atoms. The maximum Gasteiger partial charge on any atom is 0.206 e. The van der Waals surface area contributed by atoms with Crippen LogP contribution in [0, 0.1) is 11.8 Å². The Morgan fingerprint density at radius 2 is 2.07 bits per heavy atom. The zero-order valence-corrected chi connectivity index (χ0v) is 9.23. The van der Waals surface area contributed by atoms with Gasteiger partial charge in [0, 0.05) is 5.92 Å². The Balaban J connectivity index is 2.22. The van der Waals surface area contributed by atoms with E-state index in [1.165, 1.54) is 13.8 Å². The average Bonchev–Trinajstić information content (AvgIpc) is 2.15. The lowest BCUT2D eigenvalue weighted by atomic mass is 9.72. The van der Waals surface area contributed by atoms with Crippen LogP contribution in [0.5, 0.6) is 0 Å². The molecular formula is C11H18O4. The predicted octanol–water partition coefficient (Wildman–Crippen LogP) is 1.42. The van der Waals surface area contributed by atoms with Gasteiger partial charge >= 0.3 is 0 Å². The molecule has 4 heteroatoms. The molecule has 1 heterocycles. The van der Waals surface area contributed by atoms with Crippen LogP contribution >= 0.6 is 0 Å². The minimum Gasteiger partial charge on any atom is -0.363 e. The van der Waals surface area contributed by atoms with Crippen molar-refractivity contribution in [3.8, 4) is 0 Å². The molecule has 0 amide bonds. The van der Waals surface area contributed by atoms with E-state index in [1.807, 2.05) is 0 Å². The Labute approximate surface area is 89.5 Å². The average molecular weight is 214 g/mol. The lowest BCUT2D eigenvalue weighted by Crippen LogP contribution is -2.55. The van der Waals surface area contributed by atoms with Gasteiger partial charge in [0.25, 0.3) is 0 Å². The molecule has 1 aliphatic carbocycles. The lowest BCUT2D eigenvalue weighted by Gasteiger charge is -2.45. The minimum atomic E-state index is -1.47. The monoisotopic (exact) mass is 214 g/mol. The molecule has 1 saturated heterocycles. The van der Waals surface area contributed by atoms with Crippen LogP contribution in [0.3, 0.4) is 0 Å². The van der Waals surface area contributed by atoms with Crippen molar-refractivity contribution in [1.29, 1.82) is 0 Å². The summed E-state index contributed by atoms with van der Waals surface area (Å²) in [7, 11) is 0. The summed E-state index contributed by atoms with van der Waals surface area (Å²) in [6, 6.07) is 0. The van der Waals surface area contributed by atoms with Gasteiger partial charge in [-0.3, -0.25) is 4.79 Å². The van der Waals surface area contributed by atoms with E-state index in [0.29, 0.717) is 0 Å². The van der Waals surface area contributed by atoms with E-state index in [9.17, 15) is 9.90 Å². The quantitative estimate of drug-likeness (QED) is 0.671. The summed E-state index contributed by atoms with van der Waals surface area (Å²) >= 11 is 0. The van der Waals surface area contributed by atoms with Crippen LogP contribution in [0.25, 0.3) is 0 Å². The standard InChI is InChI=1S/C11H18O4/c1-7(12)10-8-5-3-4-6-9(8)14-15-11(10,2)13/h8-10,13H,3-6H2,1-2H3. The van der Waals surface area contributed by atoms with Crippen LogP contribution in [0.2, 0.25) is 0 Å². The smallest absolute Gasteiger partial charge is 0.206 e. The molecule has 2 rings (SSSR count). The molecule has 2 fully saturated rings. The van der Waals surface area contributed by atoms with Gasteiger partial charge in [0.2, 0.25) is 5.79 Å². The third-order valence-corrected chi connectivity index (χ3v) is 3.54. The second-order valence-corrected chi connectivity index (χ2v) is 4.81. The molecule has 86 valence electrons. The molecule has 0 radical (unpaired) electrons. The van der Waals surface area contributed by atoms with Gasteiger partial charge in [0.15, 0.2) is 0 Å². The fraction of sp³-hybridized carbons (Fsp3) is 0.909. The fourth-order valence-corrected chi connectivity index (χ4v) is 2.91. The van der Waals surface area contributed by atoms with E-state index in [0.717, 1.165) is 25.7 Å². The maximum atomic E-state index is 11.6. The molecule has 4 atom stereocenters.